The van der Waals surface area contributed by atoms with Crippen molar-refractivity contribution in [2.45, 2.75) is 25.3 Å². The molecule has 1 atom stereocenters. The molecule has 0 bridgehead atoms. The number of carbonyl (C=O) groups excluding carboxylic acids is 1. The van der Waals surface area contributed by atoms with Crippen LogP contribution in [0, 0.1) is 0 Å². The van der Waals surface area contributed by atoms with E-state index in [2.05, 4.69) is 10.3 Å². The number of aromatic nitrogens is 2. The van der Waals surface area contributed by atoms with E-state index in [0.717, 1.165) is 24.9 Å². The van der Waals surface area contributed by atoms with E-state index in [1.165, 1.54) is 11.1 Å². The molecule has 0 spiro atoms. The molecule has 20 heavy (non-hydrogen) atoms. The van der Waals surface area contributed by atoms with Crippen molar-refractivity contribution >= 4 is 11.6 Å². The number of anilines is 1. The van der Waals surface area contributed by atoms with Gasteiger partial charge in [-0.05, 0) is 42.5 Å². The highest BCUT2D eigenvalue weighted by atomic mass is 16.2. The fraction of sp³-hybridized carbons (Fsp3) is 0.333. The molecule has 1 aromatic carbocycles. The number of nitrogens with two attached hydrogens (primary N) is 1. The third kappa shape index (κ3) is 2.27. The summed E-state index contributed by atoms with van der Waals surface area (Å²) in [5, 5.41) is 3.07. The van der Waals surface area contributed by atoms with E-state index in [9.17, 15) is 4.79 Å². The van der Waals surface area contributed by atoms with Gasteiger partial charge in [0.05, 0.1) is 6.04 Å². The van der Waals surface area contributed by atoms with Crippen LogP contribution in [-0.4, -0.2) is 15.5 Å². The zero-order valence-corrected chi connectivity index (χ0v) is 11.5. The first-order chi connectivity index (χ1) is 9.65. The van der Waals surface area contributed by atoms with Crippen molar-refractivity contribution in [2.75, 3.05) is 5.73 Å². The number of nitrogens with one attached hydrogen (secondary N) is 1. The maximum absolute atomic E-state index is 12.3. The van der Waals surface area contributed by atoms with E-state index in [1.807, 2.05) is 25.2 Å². The monoisotopic (exact) mass is 270 g/mol. The number of hydrogen-bond acceptors (Lipinski definition) is 3. The number of nitrogen functional groups attached to an aromatic ring is 1. The Hall–Kier alpha value is -2.30. The molecule has 104 valence electrons. The lowest BCUT2D eigenvalue weighted by molar-refractivity contribution is 0.0919. The topological polar surface area (TPSA) is 72.9 Å². The van der Waals surface area contributed by atoms with E-state index in [1.54, 1.807) is 17.0 Å². The Morgan fingerprint density at radius 1 is 1.50 bits per heavy atom. The van der Waals surface area contributed by atoms with Gasteiger partial charge in [-0.2, -0.15) is 0 Å². The lowest BCUT2D eigenvalue weighted by Crippen LogP contribution is -2.32. The van der Waals surface area contributed by atoms with E-state index in [0.29, 0.717) is 5.82 Å². The quantitative estimate of drug-likeness (QED) is 0.817. The number of carbonyl (C=O) groups is 1. The van der Waals surface area contributed by atoms with Gasteiger partial charge in [-0.3, -0.25) is 4.79 Å². The fourth-order valence-electron chi connectivity index (χ4n) is 2.79. The van der Waals surface area contributed by atoms with Crippen LogP contribution >= 0.6 is 0 Å². The zero-order valence-electron chi connectivity index (χ0n) is 11.5. The largest absolute Gasteiger partial charge is 0.399 e. The summed E-state index contributed by atoms with van der Waals surface area (Å²) in [6.07, 6.45) is 6.43. The average molecular weight is 270 g/mol. The van der Waals surface area contributed by atoms with Crippen LogP contribution in [0.4, 0.5) is 5.69 Å². The minimum absolute atomic E-state index is 0.0450. The maximum Gasteiger partial charge on any atom is 0.287 e. The van der Waals surface area contributed by atoms with E-state index in [4.69, 9.17) is 5.73 Å². The highest BCUT2D eigenvalue weighted by Gasteiger charge is 2.23. The molecule has 1 aromatic heterocycles. The Bertz CT molecular complexity index is 647. The van der Waals surface area contributed by atoms with Crippen molar-refractivity contribution in [3.63, 3.8) is 0 Å². The summed E-state index contributed by atoms with van der Waals surface area (Å²) in [6, 6.07) is 5.97. The molecule has 0 saturated heterocycles. The first-order valence-corrected chi connectivity index (χ1v) is 6.81. The molecule has 2 aromatic rings. The number of benzene rings is 1. The van der Waals surface area contributed by atoms with Gasteiger partial charge in [0.25, 0.3) is 5.91 Å². The zero-order chi connectivity index (χ0) is 14.1. The van der Waals surface area contributed by atoms with Crippen LogP contribution in [0.3, 0.4) is 0 Å². The minimum Gasteiger partial charge on any atom is -0.399 e. The van der Waals surface area contributed by atoms with Gasteiger partial charge in [-0.15, -0.1) is 0 Å². The molecule has 1 aliphatic rings. The molecule has 5 nitrogen and oxygen atoms in total. The van der Waals surface area contributed by atoms with Gasteiger partial charge in [0.1, 0.15) is 0 Å². The molecule has 3 rings (SSSR count). The van der Waals surface area contributed by atoms with E-state index < -0.39 is 0 Å². The van der Waals surface area contributed by atoms with Crippen molar-refractivity contribution in [3.8, 4) is 0 Å². The Morgan fingerprint density at radius 2 is 2.35 bits per heavy atom. The SMILES string of the molecule is Cn1ccnc1C(=O)NC1CCCc2cc(N)ccc21. The molecule has 0 fully saturated rings. The number of nitrogens with zero attached hydrogens (tertiary/aromatic N) is 2. The summed E-state index contributed by atoms with van der Waals surface area (Å²) in [4.78, 5) is 16.3. The standard InChI is InChI=1S/C15H18N4O/c1-19-8-7-17-14(19)15(20)18-13-4-2-3-10-9-11(16)5-6-12(10)13/h5-9,13H,2-4,16H2,1H3,(H,18,20). The summed E-state index contributed by atoms with van der Waals surface area (Å²) >= 11 is 0. The second-order valence-corrected chi connectivity index (χ2v) is 5.24. The van der Waals surface area contributed by atoms with Gasteiger partial charge in [-0.25, -0.2) is 4.98 Å². The van der Waals surface area contributed by atoms with Gasteiger partial charge >= 0.3 is 0 Å². The maximum atomic E-state index is 12.3. The van der Waals surface area contributed by atoms with Crippen molar-refractivity contribution in [2.24, 2.45) is 7.05 Å². The highest BCUT2D eigenvalue weighted by molar-refractivity contribution is 5.91. The fourth-order valence-corrected chi connectivity index (χ4v) is 2.79. The molecule has 1 amide bonds. The molecule has 0 radical (unpaired) electrons. The predicted molar refractivity (Wildman–Crippen MR) is 77.2 cm³/mol. The number of fused-ring (bicyclic) bond motifs is 1. The second kappa shape index (κ2) is 5.00. The number of aryl methyl sites for hydroxylation is 2. The summed E-state index contributed by atoms with van der Waals surface area (Å²) < 4.78 is 1.72. The smallest absolute Gasteiger partial charge is 0.287 e. The van der Waals surface area contributed by atoms with E-state index in [-0.39, 0.29) is 11.9 Å². The first-order valence-electron chi connectivity index (χ1n) is 6.81. The predicted octanol–water partition coefficient (Wildman–Crippen LogP) is 1.81. The Morgan fingerprint density at radius 3 is 3.10 bits per heavy atom. The molecule has 1 heterocycles. The molecular weight excluding hydrogens is 252 g/mol. The highest BCUT2D eigenvalue weighted by Crippen LogP contribution is 2.31. The lowest BCUT2D eigenvalue weighted by Gasteiger charge is -2.26. The first kappa shape index (κ1) is 12.7. The van der Waals surface area contributed by atoms with Crippen LogP contribution in [0.25, 0.3) is 0 Å². The van der Waals surface area contributed by atoms with Crippen molar-refractivity contribution in [1.29, 1.82) is 0 Å². The summed E-state index contributed by atoms with van der Waals surface area (Å²) in [5.74, 6) is 0.305. The Labute approximate surface area is 117 Å². The summed E-state index contributed by atoms with van der Waals surface area (Å²) in [6.45, 7) is 0. The number of amides is 1. The van der Waals surface area contributed by atoms with E-state index >= 15 is 0 Å². The molecule has 0 saturated carbocycles. The van der Waals surface area contributed by atoms with Gasteiger partial charge in [0.2, 0.25) is 0 Å². The van der Waals surface area contributed by atoms with Crippen molar-refractivity contribution in [1.82, 2.24) is 14.9 Å². The van der Waals surface area contributed by atoms with Crippen molar-refractivity contribution < 1.29 is 4.79 Å². The normalized spacial score (nSPS) is 17.6. The van der Waals surface area contributed by atoms with Gasteiger partial charge in [0, 0.05) is 25.1 Å². The third-order valence-corrected chi connectivity index (χ3v) is 3.81. The van der Waals surface area contributed by atoms with Gasteiger partial charge in [-0.1, -0.05) is 6.07 Å². The Balaban J connectivity index is 1.83. The van der Waals surface area contributed by atoms with Crippen LogP contribution in [0.5, 0.6) is 0 Å². The molecular formula is C15H18N4O. The summed E-state index contributed by atoms with van der Waals surface area (Å²) in [7, 11) is 1.82. The summed E-state index contributed by atoms with van der Waals surface area (Å²) in [5.41, 5.74) is 9.01. The molecule has 1 aliphatic carbocycles. The van der Waals surface area contributed by atoms with Crippen LogP contribution in [0.15, 0.2) is 30.6 Å². The van der Waals surface area contributed by atoms with Crippen LogP contribution < -0.4 is 11.1 Å². The van der Waals surface area contributed by atoms with Gasteiger partial charge in [0.15, 0.2) is 5.82 Å². The Kier molecular flexibility index (Phi) is 3.18. The van der Waals surface area contributed by atoms with Crippen LogP contribution in [0.2, 0.25) is 0 Å². The number of imidazole rings is 1. The van der Waals surface area contributed by atoms with Gasteiger partial charge < -0.3 is 15.6 Å². The lowest BCUT2D eigenvalue weighted by atomic mass is 9.87. The second-order valence-electron chi connectivity index (χ2n) is 5.24. The van der Waals surface area contributed by atoms with Crippen LogP contribution in [0.1, 0.15) is 40.6 Å². The number of rotatable bonds is 2. The molecule has 1 unspecified atom stereocenters. The minimum atomic E-state index is -0.132. The number of hydrogen-bond donors (Lipinski definition) is 2. The molecule has 0 aliphatic heterocycles. The van der Waals surface area contributed by atoms with Crippen LogP contribution in [-0.2, 0) is 13.5 Å². The molecule has 3 N–H and O–H groups in total. The van der Waals surface area contributed by atoms with Crippen molar-refractivity contribution in [3.05, 3.63) is 47.5 Å². The average Bonchev–Trinajstić information content (AvgIpc) is 2.85. The third-order valence-electron chi connectivity index (χ3n) is 3.81. The molecule has 5 heteroatoms.